The average molecular weight is 141 g/mol. The number of carbonyl (C=O) groups is 1. The maximum Gasteiger partial charge on any atom is 0.331 e. The first-order valence-electron chi connectivity index (χ1n) is 3.19. The van der Waals surface area contributed by atoms with Gasteiger partial charge in [-0.3, -0.25) is 0 Å². The van der Waals surface area contributed by atoms with Crippen LogP contribution in [-0.4, -0.2) is 11.6 Å². The topological polar surface area (TPSA) is 26.3 Å². The highest BCUT2D eigenvalue weighted by Gasteiger charge is 2.13. The average Bonchev–Trinajstić information content (AvgIpc) is 1.59. The largest absolute Gasteiger partial charge is 0.457 e. The van der Waals surface area contributed by atoms with Crippen molar-refractivity contribution >= 4 is 5.97 Å². The highest BCUT2D eigenvalue weighted by molar-refractivity contribution is 5.81. The summed E-state index contributed by atoms with van der Waals surface area (Å²) in [5.74, 6) is -0.338. The van der Waals surface area contributed by atoms with Gasteiger partial charge in [0.1, 0.15) is 5.60 Å². The van der Waals surface area contributed by atoms with Gasteiger partial charge >= 0.3 is 5.97 Å². The summed E-state index contributed by atoms with van der Waals surface area (Å²) in [5, 5.41) is 0. The molecule has 0 saturated carbocycles. The summed E-state index contributed by atoms with van der Waals surface area (Å²) in [6, 6.07) is 0. The van der Waals surface area contributed by atoms with E-state index in [0.717, 1.165) is 0 Å². The van der Waals surface area contributed by atoms with E-state index in [4.69, 9.17) is 4.74 Å². The standard InChI is InChI=1S/C8H13O2/c1-5-6-7(9)10-8(2,3)4/h6H,1-4H3. The zero-order valence-corrected chi connectivity index (χ0v) is 6.89. The molecule has 0 aliphatic carbocycles. The first kappa shape index (κ1) is 9.21. The Morgan fingerprint density at radius 3 is 2.30 bits per heavy atom. The van der Waals surface area contributed by atoms with Gasteiger partial charge in [-0.2, -0.15) is 0 Å². The molecule has 0 rings (SSSR count). The van der Waals surface area contributed by atoms with Gasteiger partial charge in [0.15, 0.2) is 0 Å². The fourth-order valence-corrected chi connectivity index (χ4v) is 0.449. The van der Waals surface area contributed by atoms with Crippen LogP contribution in [-0.2, 0) is 9.53 Å². The van der Waals surface area contributed by atoms with Gasteiger partial charge in [-0.1, -0.05) is 0 Å². The van der Waals surface area contributed by atoms with Crippen LogP contribution in [0.15, 0.2) is 6.08 Å². The Bertz CT molecular complexity index is 140. The van der Waals surface area contributed by atoms with Gasteiger partial charge in [-0.25, -0.2) is 4.79 Å². The number of hydrogen-bond acceptors (Lipinski definition) is 2. The second-order valence-corrected chi connectivity index (χ2v) is 2.97. The van der Waals surface area contributed by atoms with Crippen molar-refractivity contribution in [2.45, 2.75) is 33.3 Å². The molecule has 0 aliphatic rings. The molecule has 0 aromatic carbocycles. The number of hydrogen-bond donors (Lipinski definition) is 0. The zero-order valence-electron chi connectivity index (χ0n) is 6.89. The molecule has 0 aromatic heterocycles. The van der Waals surface area contributed by atoms with E-state index >= 15 is 0 Å². The molecular formula is C8H13O2. The van der Waals surface area contributed by atoms with Crippen LogP contribution in [0.2, 0.25) is 0 Å². The van der Waals surface area contributed by atoms with E-state index in [0.29, 0.717) is 0 Å². The van der Waals surface area contributed by atoms with Crippen LogP contribution in [0.25, 0.3) is 0 Å². The lowest BCUT2D eigenvalue weighted by Crippen LogP contribution is -2.22. The fraction of sp³-hybridized carbons (Fsp3) is 0.625. The zero-order chi connectivity index (χ0) is 8.20. The van der Waals surface area contributed by atoms with E-state index in [2.05, 4.69) is 6.08 Å². The lowest BCUT2D eigenvalue weighted by Gasteiger charge is -2.17. The molecule has 10 heavy (non-hydrogen) atoms. The molecule has 0 saturated heterocycles. The smallest absolute Gasteiger partial charge is 0.331 e. The van der Waals surface area contributed by atoms with Gasteiger partial charge in [0.05, 0.1) is 0 Å². The molecule has 0 atom stereocenters. The van der Waals surface area contributed by atoms with Crippen LogP contribution < -0.4 is 0 Å². The van der Waals surface area contributed by atoms with Gasteiger partial charge in [0.2, 0.25) is 0 Å². The van der Waals surface area contributed by atoms with Crippen LogP contribution in [0.5, 0.6) is 0 Å². The number of esters is 1. The molecule has 0 unspecified atom stereocenters. The molecule has 0 bridgehead atoms. The van der Waals surface area contributed by atoms with E-state index in [1.165, 1.54) is 6.08 Å². The Hall–Kier alpha value is -0.790. The van der Waals surface area contributed by atoms with Crippen molar-refractivity contribution in [2.24, 2.45) is 0 Å². The van der Waals surface area contributed by atoms with Gasteiger partial charge in [-0.05, 0) is 33.8 Å². The number of rotatable bonds is 1. The van der Waals surface area contributed by atoms with Crippen molar-refractivity contribution in [3.63, 3.8) is 0 Å². The van der Waals surface area contributed by atoms with E-state index in [-0.39, 0.29) is 5.97 Å². The summed E-state index contributed by atoms with van der Waals surface area (Å²) in [6.07, 6.45) is 3.87. The summed E-state index contributed by atoms with van der Waals surface area (Å²) in [4.78, 5) is 10.7. The molecule has 2 heteroatoms. The van der Waals surface area contributed by atoms with E-state index in [9.17, 15) is 4.79 Å². The molecule has 57 valence electrons. The summed E-state index contributed by atoms with van der Waals surface area (Å²) >= 11 is 0. The predicted molar refractivity (Wildman–Crippen MR) is 39.3 cm³/mol. The van der Waals surface area contributed by atoms with E-state index in [1.807, 2.05) is 20.8 Å². The third-order valence-corrected chi connectivity index (χ3v) is 0.669. The van der Waals surface area contributed by atoms with Crippen molar-refractivity contribution in [1.29, 1.82) is 0 Å². The van der Waals surface area contributed by atoms with Gasteiger partial charge in [0.25, 0.3) is 0 Å². The second-order valence-electron chi connectivity index (χ2n) is 2.97. The minimum Gasteiger partial charge on any atom is -0.457 e. The minimum absolute atomic E-state index is 0.338. The fourth-order valence-electron chi connectivity index (χ4n) is 0.449. The van der Waals surface area contributed by atoms with E-state index < -0.39 is 5.60 Å². The van der Waals surface area contributed by atoms with Crippen molar-refractivity contribution in [3.8, 4) is 0 Å². The quantitative estimate of drug-likeness (QED) is 0.410. The van der Waals surface area contributed by atoms with Crippen LogP contribution in [0.1, 0.15) is 27.7 Å². The molecule has 2 nitrogen and oxygen atoms in total. The Labute approximate surface area is 61.9 Å². The SMILES string of the molecule is C[C]=CC(=O)OC(C)(C)C. The molecule has 0 fully saturated rings. The van der Waals surface area contributed by atoms with Crippen LogP contribution in [0.4, 0.5) is 0 Å². The van der Waals surface area contributed by atoms with Crippen molar-refractivity contribution in [1.82, 2.24) is 0 Å². The maximum atomic E-state index is 10.7. The third kappa shape index (κ3) is 5.35. The maximum absolute atomic E-state index is 10.7. The van der Waals surface area contributed by atoms with Gasteiger partial charge < -0.3 is 4.74 Å². The van der Waals surface area contributed by atoms with Crippen LogP contribution in [0.3, 0.4) is 0 Å². The minimum atomic E-state index is -0.398. The third-order valence-electron chi connectivity index (χ3n) is 0.669. The predicted octanol–water partition coefficient (Wildman–Crippen LogP) is 1.71. The highest BCUT2D eigenvalue weighted by atomic mass is 16.6. The highest BCUT2D eigenvalue weighted by Crippen LogP contribution is 2.06. The lowest BCUT2D eigenvalue weighted by molar-refractivity contribution is -0.148. The van der Waals surface area contributed by atoms with Crippen molar-refractivity contribution in [2.75, 3.05) is 0 Å². The number of allylic oxidation sites excluding steroid dienone is 1. The molecule has 0 spiro atoms. The van der Waals surface area contributed by atoms with Gasteiger partial charge in [0, 0.05) is 6.08 Å². The Morgan fingerprint density at radius 1 is 1.50 bits per heavy atom. The first-order valence-corrected chi connectivity index (χ1v) is 3.19. The molecule has 0 heterocycles. The summed E-state index contributed by atoms with van der Waals surface area (Å²) in [6.45, 7) is 7.14. The van der Waals surface area contributed by atoms with E-state index in [1.54, 1.807) is 6.92 Å². The summed E-state index contributed by atoms with van der Waals surface area (Å²) in [5.41, 5.74) is -0.398. The molecule has 0 aromatic rings. The number of ether oxygens (including phenoxy) is 1. The molecule has 0 N–H and O–H groups in total. The molecule has 0 aliphatic heterocycles. The number of carbonyl (C=O) groups excluding carboxylic acids is 1. The first-order chi connectivity index (χ1) is 4.45. The van der Waals surface area contributed by atoms with Crippen molar-refractivity contribution in [3.05, 3.63) is 12.2 Å². The van der Waals surface area contributed by atoms with Gasteiger partial charge in [-0.15, -0.1) is 0 Å². The Kier molecular flexibility index (Phi) is 3.13. The lowest BCUT2D eigenvalue weighted by atomic mass is 10.2. The van der Waals surface area contributed by atoms with Crippen LogP contribution >= 0.6 is 0 Å². The molecule has 0 amide bonds. The van der Waals surface area contributed by atoms with Crippen molar-refractivity contribution < 1.29 is 9.53 Å². The normalized spacial score (nSPS) is 12.0. The monoisotopic (exact) mass is 141 g/mol. The second kappa shape index (κ2) is 3.40. The summed E-state index contributed by atoms with van der Waals surface area (Å²) < 4.78 is 4.92. The Balaban J connectivity index is 3.81. The Morgan fingerprint density at radius 2 is 2.00 bits per heavy atom. The van der Waals surface area contributed by atoms with Crippen LogP contribution in [0, 0.1) is 6.08 Å². The summed E-state index contributed by atoms with van der Waals surface area (Å²) in [7, 11) is 0. The molecule has 1 radical (unpaired) electrons. The molecular weight excluding hydrogens is 128 g/mol.